The second kappa shape index (κ2) is 4.43. The number of halogens is 1. The summed E-state index contributed by atoms with van der Waals surface area (Å²) in [6.07, 6.45) is 6.59. The number of anilines is 1. The molecule has 1 fully saturated rings. The van der Waals surface area contributed by atoms with Gasteiger partial charge in [-0.1, -0.05) is 31.4 Å². The van der Waals surface area contributed by atoms with E-state index in [0.29, 0.717) is 17.0 Å². The van der Waals surface area contributed by atoms with Gasteiger partial charge in [-0.25, -0.2) is 9.97 Å². The summed E-state index contributed by atoms with van der Waals surface area (Å²) in [5.41, 5.74) is 7.68. The molecular weight excluding hydrogens is 248 g/mol. The highest BCUT2D eigenvalue weighted by molar-refractivity contribution is 6.31. The first-order valence-electron chi connectivity index (χ1n) is 6.48. The number of nitrogens with two attached hydrogens (primary N) is 1. The van der Waals surface area contributed by atoms with Crippen molar-refractivity contribution in [2.45, 2.75) is 38.6 Å². The van der Waals surface area contributed by atoms with Crippen molar-refractivity contribution in [1.29, 1.82) is 0 Å². The van der Waals surface area contributed by atoms with E-state index in [1.807, 2.05) is 6.07 Å². The van der Waals surface area contributed by atoms with Gasteiger partial charge in [0, 0.05) is 12.2 Å². The van der Waals surface area contributed by atoms with Gasteiger partial charge >= 0.3 is 0 Å². The minimum absolute atomic E-state index is 0.399. The fourth-order valence-electron chi connectivity index (χ4n) is 2.53. The molecule has 1 unspecified atom stereocenters. The van der Waals surface area contributed by atoms with Gasteiger partial charge in [0.2, 0.25) is 5.95 Å². The van der Waals surface area contributed by atoms with Gasteiger partial charge in [0.1, 0.15) is 5.52 Å². The number of nitrogens with zero attached hydrogens (tertiary/aromatic N) is 3. The molecule has 5 heteroatoms. The minimum Gasteiger partial charge on any atom is -0.369 e. The van der Waals surface area contributed by atoms with E-state index in [-0.39, 0.29) is 0 Å². The Bertz CT molecular complexity index is 574. The third-order valence-electron chi connectivity index (χ3n) is 3.66. The lowest BCUT2D eigenvalue weighted by molar-refractivity contribution is 0.441. The molecule has 1 aliphatic rings. The van der Waals surface area contributed by atoms with Crippen molar-refractivity contribution in [3.05, 3.63) is 17.3 Å². The summed E-state index contributed by atoms with van der Waals surface area (Å²) < 4.78 is 2.07. The first-order valence-corrected chi connectivity index (χ1v) is 6.85. The van der Waals surface area contributed by atoms with E-state index >= 15 is 0 Å². The van der Waals surface area contributed by atoms with E-state index in [2.05, 4.69) is 21.5 Å². The maximum absolute atomic E-state index is 6.04. The van der Waals surface area contributed by atoms with Crippen LogP contribution in [-0.4, -0.2) is 14.5 Å². The van der Waals surface area contributed by atoms with E-state index in [0.717, 1.165) is 23.5 Å². The SMILES string of the molecule is CCC(CC1CC1)n1c(N)nc2cc(Cl)cnc21. The van der Waals surface area contributed by atoms with Crippen LogP contribution in [0.3, 0.4) is 0 Å². The lowest BCUT2D eigenvalue weighted by Gasteiger charge is -2.18. The van der Waals surface area contributed by atoms with Gasteiger partial charge in [-0.2, -0.15) is 0 Å². The van der Waals surface area contributed by atoms with Gasteiger partial charge in [0.05, 0.1) is 5.02 Å². The van der Waals surface area contributed by atoms with Crippen molar-refractivity contribution < 1.29 is 0 Å². The van der Waals surface area contributed by atoms with E-state index in [4.69, 9.17) is 17.3 Å². The monoisotopic (exact) mass is 264 g/mol. The number of rotatable bonds is 4. The summed E-state index contributed by atoms with van der Waals surface area (Å²) in [4.78, 5) is 8.75. The average molecular weight is 265 g/mol. The van der Waals surface area contributed by atoms with Crippen LogP contribution in [-0.2, 0) is 0 Å². The van der Waals surface area contributed by atoms with E-state index in [1.54, 1.807) is 6.20 Å². The third-order valence-corrected chi connectivity index (χ3v) is 3.87. The predicted octanol–water partition coefficient (Wildman–Crippen LogP) is 3.42. The Labute approximate surface area is 111 Å². The quantitative estimate of drug-likeness (QED) is 0.921. The molecule has 2 N–H and O–H groups in total. The molecule has 96 valence electrons. The molecular formula is C13H17ClN4. The summed E-state index contributed by atoms with van der Waals surface area (Å²) in [6.45, 7) is 2.19. The van der Waals surface area contributed by atoms with Crippen LogP contribution in [0.15, 0.2) is 12.3 Å². The molecule has 4 nitrogen and oxygen atoms in total. The molecule has 1 aliphatic carbocycles. The zero-order valence-corrected chi connectivity index (χ0v) is 11.2. The lowest BCUT2D eigenvalue weighted by atomic mass is 10.1. The Morgan fingerprint density at radius 3 is 3.00 bits per heavy atom. The molecule has 0 radical (unpaired) electrons. The molecule has 0 bridgehead atoms. The number of aromatic nitrogens is 3. The van der Waals surface area contributed by atoms with Gasteiger partial charge in [-0.15, -0.1) is 0 Å². The fraction of sp³-hybridized carbons (Fsp3) is 0.538. The molecule has 1 atom stereocenters. The number of hydrogen-bond acceptors (Lipinski definition) is 3. The number of nitrogen functional groups attached to an aromatic ring is 1. The largest absolute Gasteiger partial charge is 0.369 e. The summed E-state index contributed by atoms with van der Waals surface area (Å²) in [5, 5.41) is 0.599. The maximum Gasteiger partial charge on any atom is 0.202 e. The Morgan fingerprint density at radius 2 is 2.33 bits per heavy atom. The highest BCUT2D eigenvalue weighted by atomic mass is 35.5. The molecule has 2 aromatic rings. The van der Waals surface area contributed by atoms with E-state index in [1.165, 1.54) is 19.3 Å². The van der Waals surface area contributed by atoms with Gasteiger partial charge in [0.15, 0.2) is 5.65 Å². The zero-order chi connectivity index (χ0) is 12.7. The summed E-state index contributed by atoms with van der Waals surface area (Å²) in [7, 11) is 0. The molecule has 0 aromatic carbocycles. The topological polar surface area (TPSA) is 56.7 Å². The Balaban J connectivity index is 2.05. The van der Waals surface area contributed by atoms with Gasteiger partial charge < -0.3 is 5.73 Å². The lowest BCUT2D eigenvalue weighted by Crippen LogP contribution is -2.12. The fourth-order valence-corrected chi connectivity index (χ4v) is 2.68. The predicted molar refractivity (Wildman–Crippen MR) is 73.6 cm³/mol. The molecule has 2 aromatic heterocycles. The smallest absolute Gasteiger partial charge is 0.202 e. The van der Waals surface area contributed by atoms with Crippen molar-refractivity contribution >= 4 is 28.7 Å². The standard InChI is InChI=1S/C13H17ClN4/c1-2-10(5-8-3-4-8)18-12-11(17-13(18)15)6-9(14)7-16-12/h6-8,10H,2-5H2,1H3,(H2,15,17). The van der Waals surface area contributed by atoms with Crippen molar-refractivity contribution in [2.24, 2.45) is 5.92 Å². The molecule has 0 aliphatic heterocycles. The summed E-state index contributed by atoms with van der Waals surface area (Å²) in [5.74, 6) is 1.41. The first-order chi connectivity index (χ1) is 8.69. The van der Waals surface area contributed by atoms with Crippen LogP contribution in [0.4, 0.5) is 5.95 Å². The molecule has 3 rings (SSSR count). The van der Waals surface area contributed by atoms with E-state index in [9.17, 15) is 0 Å². The maximum atomic E-state index is 6.04. The minimum atomic E-state index is 0.399. The van der Waals surface area contributed by atoms with Crippen molar-refractivity contribution in [1.82, 2.24) is 14.5 Å². The van der Waals surface area contributed by atoms with Gasteiger partial charge in [-0.05, 0) is 24.8 Å². The molecule has 0 saturated heterocycles. The number of fused-ring (bicyclic) bond motifs is 1. The summed E-state index contributed by atoms with van der Waals surface area (Å²) in [6, 6.07) is 2.22. The average Bonchev–Trinajstić information content (AvgIpc) is 3.09. The van der Waals surface area contributed by atoms with Crippen LogP contribution in [0.1, 0.15) is 38.6 Å². The second-order valence-corrected chi connectivity index (χ2v) is 5.51. The zero-order valence-electron chi connectivity index (χ0n) is 10.4. The molecule has 0 spiro atoms. The third kappa shape index (κ3) is 2.05. The van der Waals surface area contributed by atoms with Crippen LogP contribution >= 0.6 is 11.6 Å². The Morgan fingerprint density at radius 1 is 1.56 bits per heavy atom. The van der Waals surface area contributed by atoms with Crippen LogP contribution < -0.4 is 5.73 Å². The Hall–Kier alpha value is -1.29. The van der Waals surface area contributed by atoms with Crippen LogP contribution in [0, 0.1) is 5.92 Å². The van der Waals surface area contributed by atoms with Gasteiger partial charge in [0.25, 0.3) is 0 Å². The molecule has 18 heavy (non-hydrogen) atoms. The number of pyridine rings is 1. The van der Waals surface area contributed by atoms with Crippen LogP contribution in [0.5, 0.6) is 0 Å². The summed E-state index contributed by atoms with van der Waals surface area (Å²) >= 11 is 5.94. The number of hydrogen-bond donors (Lipinski definition) is 1. The molecule has 1 saturated carbocycles. The van der Waals surface area contributed by atoms with Gasteiger partial charge in [-0.3, -0.25) is 4.57 Å². The number of imidazole rings is 1. The van der Waals surface area contributed by atoms with Crippen molar-refractivity contribution in [3.8, 4) is 0 Å². The molecule has 2 heterocycles. The van der Waals surface area contributed by atoms with Crippen LogP contribution in [0.25, 0.3) is 11.2 Å². The highest BCUT2D eigenvalue weighted by Crippen LogP contribution is 2.39. The first kappa shape index (κ1) is 11.8. The Kier molecular flexibility index (Phi) is 2.90. The van der Waals surface area contributed by atoms with Crippen molar-refractivity contribution in [2.75, 3.05) is 5.73 Å². The second-order valence-electron chi connectivity index (χ2n) is 5.08. The molecule has 0 amide bonds. The van der Waals surface area contributed by atoms with Crippen LogP contribution in [0.2, 0.25) is 5.02 Å². The highest BCUT2D eigenvalue weighted by Gasteiger charge is 2.27. The van der Waals surface area contributed by atoms with Crippen molar-refractivity contribution in [3.63, 3.8) is 0 Å². The normalized spacial score (nSPS) is 17.2. The van der Waals surface area contributed by atoms with E-state index < -0.39 is 0 Å².